The predicted octanol–water partition coefficient (Wildman–Crippen LogP) is 1.07. The Kier molecular flexibility index (Phi) is 2.91. The lowest BCUT2D eigenvalue weighted by atomic mass is 9.83. The van der Waals surface area contributed by atoms with Gasteiger partial charge in [-0.25, -0.2) is 0 Å². The molecule has 1 aliphatic carbocycles. The first-order valence-corrected chi connectivity index (χ1v) is 7.58. The number of piperazine rings is 1. The van der Waals surface area contributed by atoms with E-state index in [4.69, 9.17) is 4.74 Å². The quantitative estimate of drug-likeness (QED) is 0.823. The monoisotopic (exact) mass is 280 g/mol. The minimum absolute atomic E-state index is 0.0387. The second-order valence-corrected chi connectivity index (χ2v) is 6.94. The van der Waals surface area contributed by atoms with Crippen molar-refractivity contribution >= 4 is 11.8 Å². The normalized spacial score (nSPS) is 45.7. The van der Waals surface area contributed by atoms with E-state index in [0.717, 1.165) is 19.3 Å². The van der Waals surface area contributed by atoms with E-state index < -0.39 is 11.6 Å². The van der Waals surface area contributed by atoms with Crippen LogP contribution in [0.2, 0.25) is 0 Å². The third-order valence-corrected chi connectivity index (χ3v) is 5.61. The molecule has 2 heterocycles. The third-order valence-electron chi connectivity index (χ3n) is 5.61. The molecule has 2 aliphatic heterocycles. The summed E-state index contributed by atoms with van der Waals surface area (Å²) >= 11 is 0. The summed E-state index contributed by atoms with van der Waals surface area (Å²) in [5.74, 6) is 0.307. The summed E-state index contributed by atoms with van der Waals surface area (Å²) in [6, 6.07) is -0.427. The van der Waals surface area contributed by atoms with Gasteiger partial charge in [0.25, 0.3) is 0 Å². The molecule has 0 aromatic heterocycles. The van der Waals surface area contributed by atoms with Crippen LogP contribution in [0.15, 0.2) is 0 Å². The van der Waals surface area contributed by atoms with E-state index in [0.29, 0.717) is 6.61 Å². The van der Waals surface area contributed by atoms with Crippen molar-refractivity contribution < 1.29 is 14.3 Å². The fourth-order valence-electron chi connectivity index (χ4n) is 3.71. The lowest BCUT2D eigenvalue weighted by Gasteiger charge is -2.51. The molecule has 3 aliphatic rings. The number of hydrogen-bond acceptors (Lipinski definition) is 3. The number of carbonyl (C=O) groups excluding carboxylic acids is 2. The van der Waals surface area contributed by atoms with Crippen LogP contribution in [-0.2, 0) is 14.3 Å². The summed E-state index contributed by atoms with van der Waals surface area (Å²) in [5, 5.41) is 2.97. The van der Waals surface area contributed by atoms with Crippen LogP contribution in [0.5, 0.6) is 0 Å². The van der Waals surface area contributed by atoms with Gasteiger partial charge in [0.2, 0.25) is 11.8 Å². The number of carbonyl (C=O) groups is 2. The van der Waals surface area contributed by atoms with Gasteiger partial charge in [0.05, 0.1) is 11.6 Å². The molecule has 2 saturated heterocycles. The molecule has 2 amide bonds. The summed E-state index contributed by atoms with van der Waals surface area (Å²) in [6.45, 7) is 8.39. The summed E-state index contributed by atoms with van der Waals surface area (Å²) in [7, 11) is 0. The minimum Gasteiger partial charge on any atom is -0.376 e. The molecule has 1 N–H and O–H groups in total. The highest BCUT2D eigenvalue weighted by Crippen LogP contribution is 2.45. The second-order valence-electron chi connectivity index (χ2n) is 6.94. The topological polar surface area (TPSA) is 58.6 Å². The number of hydrogen-bond donors (Lipinski definition) is 1. The molecule has 5 nitrogen and oxygen atoms in total. The van der Waals surface area contributed by atoms with Crippen molar-refractivity contribution in [3.63, 3.8) is 0 Å². The summed E-state index contributed by atoms with van der Waals surface area (Å²) < 4.78 is 5.67. The molecule has 0 aromatic rings. The van der Waals surface area contributed by atoms with Gasteiger partial charge in [-0.05, 0) is 52.9 Å². The molecule has 112 valence electrons. The van der Waals surface area contributed by atoms with Crippen molar-refractivity contribution in [2.24, 2.45) is 5.92 Å². The number of nitrogens with one attached hydrogen (secondary N) is 1. The maximum absolute atomic E-state index is 13.1. The lowest BCUT2D eigenvalue weighted by Crippen LogP contribution is -2.74. The van der Waals surface area contributed by atoms with Crippen molar-refractivity contribution in [3.8, 4) is 0 Å². The molecule has 20 heavy (non-hydrogen) atoms. The Labute approximate surface area is 120 Å². The van der Waals surface area contributed by atoms with Crippen molar-refractivity contribution in [1.82, 2.24) is 10.2 Å². The highest BCUT2D eigenvalue weighted by molar-refractivity contribution is 6.00. The fraction of sp³-hybridized carbons (Fsp3) is 0.867. The Hall–Kier alpha value is -1.10. The highest BCUT2D eigenvalue weighted by Gasteiger charge is 2.59. The first-order chi connectivity index (χ1) is 9.30. The zero-order valence-corrected chi connectivity index (χ0v) is 12.7. The first kappa shape index (κ1) is 13.9. The van der Waals surface area contributed by atoms with Gasteiger partial charge in [-0.3, -0.25) is 9.59 Å². The van der Waals surface area contributed by atoms with Gasteiger partial charge in [-0.2, -0.15) is 0 Å². The van der Waals surface area contributed by atoms with Gasteiger partial charge in [-0.1, -0.05) is 0 Å². The standard InChI is InChI=1S/C15H24N2O3/c1-9-12(18)16-15(4,11-5-6-11)13(19)17(9)14(3)7-8-20-10(14)2/h9-11H,5-8H2,1-4H3,(H,16,18). The number of amides is 2. The average molecular weight is 280 g/mol. The van der Waals surface area contributed by atoms with Crippen LogP contribution in [0.4, 0.5) is 0 Å². The molecule has 4 atom stereocenters. The minimum atomic E-state index is -0.727. The maximum atomic E-state index is 13.1. The molecule has 3 fully saturated rings. The molecule has 3 rings (SSSR count). The van der Waals surface area contributed by atoms with Crippen LogP contribution in [0.25, 0.3) is 0 Å². The molecule has 0 aromatic carbocycles. The molecular formula is C15H24N2O3. The molecular weight excluding hydrogens is 256 g/mol. The van der Waals surface area contributed by atoms with Crippen molar-refractivity contribution in [2.75, 3.05) is 6.61 Å². The molecule has 0 radical (unpaired) electrons. The van der Waals surface area contributed by atoms with Crippen LogP contribution in [-0.4, -0.2) is 46.5 Å². The van der Waals surface area contributed by atoms with E-state index in [2.05, 4.69) is 5.32 Å². The Balaban J connectivity index is 1.99. The largest absolute Gasteiger partial charge is 0.376 e. The smallest absolute Gasteiger partial charge is 0.249 e. The Morgan fingerprint density at radius 1 is 1.25 bits per heavy atom. The van der Waals surface area contributed by atoms with Gasteiger partial charge in [0.1, 0.15) is 11.6 Å². The fourth-order valence-corrected chi connectivity index (χ4v) is 3.71. The lowest BCUT2D eigenvalue weighted by molar-refractivity contribution is -0.164. The molecule has 1 saturated carbocycles. The third kappa shape index (κ3) is 1.72. The van der Waals surface area contributed by atoms with Crippen LogP contribution in [0.3, 0.4) is 0 Å². The summed E-state index contributed by atoms with van der Waals surface area (Å²) in [5.41, 5.74) is -1.11. The number of nitrogens with zero attached hydrogens (tertiary/aromatic N) is 1. The van der Waals surface area contributed by atoms with E-state index >= 15 is 0 Å². The van der Waals surface area contributed by atoms with Crippen LogP contribution < -0.4 is 5.32 Å². The molecule has 0 spiro atoms. The number of rotatable bonds is 2. The Bertz CT molecular complexity index is 462. The van der Waals surface area contributed by atoms with E-state index in [1.54, 1.807) is 0 Å². The van der Waals surface area contributed by atoms with Crippen LogP contribution in [0.1, 0.15) is 47.0 Å². The van der Waals surface area contributed by atoms with Crippen molar-refractivity contribution in [1.29, 1.82) is 0 Å². The highest BCUT2D eigenvalue weighted by atomic mass is 16.5. The first-order valence-electron chi connectivity index (χ1n) is 7.58. The zero-order valence-electron chi connectivity index (χ0n) is 12.7. The van der Waals surface area contributed by atoms with Crippen LogP contribution >= 0.6 is 0 Å². The van der Waals surface area contributed by atoms with E-state index in [-0.39, 0.29) is 29.4 Å². The van der Waals surface area contributed by atoms with Gasteiger partial charge >= 0.3 is 0 Å². The van der Waals surface area contributed by atoms with Gasteiger partial charge in [0.15, 0.2) is 0 Å². The van der Waals surface area contributed by atoms with Crippen LogP contribution in [0, 0.1) is 5.92 Å². The zero-order chi connectivity index (χ0) is 14.7. The Morgan fingerprint density at radius 3 is 2.40 bits per heavy atom. The second kappa shape index (κ2) is 4.20. The molecule has 4 unspecified atom stereocenters. The van der Waals surface area contributed by atoms with Gasteiger partial charge in [-0.15, -0.1) is 0 Å². The SMILES string of the molecule is CC1C(=O)NC(C)(C2CC2)C(=O)N1C1(C)CCOC1C. The summed E-state index contributed by atoms with van der Waals surface area (Å²) in [4.78, 5) is 27.2. The number of ether oxygens (including phenoxy) is 1. The maximum Gasteiger partial charge on any atom is 0.249 e. The predicted molar refractivity (Wildman–Crippen MR) is 74.0 cm³/mol. The Morgan fingerprint density at radius 2 is 1.90 bits per heavy atom. The molecule has 0 bridgehead atoms. The van der Waals surface area contributed by atoms with Gasteiger partial charge < -0.3 is 15.0 Å². The van der Waals surface area contributed by atoms with E-state index in [1.807, 2.05) is 32.6 Å². The van der Waals surface area contributed by atoms with Crippen molar-refractivity contribution in [3.05, 3.63) is 0 Å². The van der Waals surface area contributed by atoms with Gasteiger partial charge in [0, 0.05) is 6.61 Å². The molecule has 5 heteroatoms. The van der Waals surface area contributed by atoms with E-state index in [9.17, 15) is 9.59 Å². The summed E-state index contributed by atoms with van der Waals surface area (Å²) in [6.07, 6.45) is 2.79. The van der Waals surface area contributed by atoms with E-state index in [1.165, 1.54) is 0 Å². The van der Waals surface area contributed by atoms with Crippen molar-refractivity contribution in [2.45, 2.75) is 70.2 Å². The average Bonchev–Trinajstić information content (AvgIpc) is 3.17.